The molecule has 1 aliphatic heterocycles. The number of carbonyl (C=O) groups is 1. The Hall–Kier alpha value is -3.49. The lowest BCUT2D eigenvalue weighted by molar-refractivity contribution is -0.199. The third-order valence-electron chi connectivity index (χ3n) is 5.20. The fourth-order valence-corrected chi connectivity index (χ4v) is 4.12. The van der Waals surface area contributed by atoms with Crippen LogP contribution in [-0.2, 0) is 10.2 Å². The van der Waals surface area contributed by atoms with Crippen LogP contribution >= 0.6 is 23.2 Å². The highest BCUT2D eigenvalue weighted by atomic mass is 35.5. The monoisotopic (exact) mass is 529 g/mol. The van der Waals surface area contributed by atoms with Crippen molar-refractivity contribution < 1.29 is 22.7 Å². The first kappa shape index (κ1) is 24.6. The number of hydrogen-bond donors (Lipinski definition) is 3. The summed E-state index contributed by atoms with van der Waals surface area (Å²) >= 11 is 12.0. The molecule has 3 aromatic rings. The van der Waals surface area contributed by atoms with Crippen LogP contribution in [0.15, 0.2) is 29.6 Å². The molecule has 1 aliphatic rings. The van der Waals surface area contributed by atoms with Crippen LogP contribution in [0.25, 0.3) is 5.65 Å². The van der Waals surface area contributed by atoms with Crippen molar-refractivity contribution in [1.29, 1.82) is 5.41 Å². The van der Waals surface area contributed by atoms with Crippen molar-refractivity contribution in [2.75, 3.05) is 35.9 Å². The first-order valence-electron chi connectivity index (χ1n) is 9.74. The molecule has 3 aromatic heterocycles. The van der Waals surface area contributed by atoms with Gasteiger partial charge in [-0.05, 0) is 6.07 Å². The molecule has 0 aliphatic carbocycles. The topological polar surface area (TPSA) is 133 Å². The first-order chi connectivity index (χ1) is 16.6. The van der Waals surface area contributed by atoms with Crippen LogP contribution in [-0.4, -0.2) is 64.5 Å². The normalized spacial score (nSPS) is 17.7. The highest BCUT2D eigenvalue weighted by molar-refractivity contribution is 6.33. The van der Waals surface area contributed by atoms with Crippen molar-refractivity contribution in [3.63, 3.8) is 0 Å². The van der Waals surface area contributed by atoms with Crippen molar-refractivity contribution in [2.24, 2.45) is 5.10 Å². The zero-order chi connectivity index (χ0) is 25.4. The molecule has 1 atom stereocenters. The Labute approximate surface area is 205 Å². The van der Waals surface area contributed by atoms with E-state index in [2.05, 4.69) is 30.9 Å². The Bertz CT molecular complexity index is 1330. The molecule has 11 nitrogen and oxygen atoms in total. The van der Waals surface area contributed by atoms with Crippen molar-refractivity contribution in [3.8, 4) is 0 Å². The quantitative estimate of drug-likeness (QED) is 0.326. The summed E-state index contributed by atoms with van der Waals surface area (Å²) < 4.78 is 49.5. The lowest BCUT2D eigenvalue weighted by atomic mass is 9.86. The molecule has 35 heavy (non-hydrogen) atoms. The molecule has 0 saturated heterocycles. The van der Waals surface area contributed by atoms with E-state index < -0.39 is 30.8 Å². The van der Waals surface area contributed by atoms with Gasteiger partial charge in [0.05, 0.1) is 53.9 Å². The van der Waals surface area contributed by atoms with E-state index in [1.54, 1.807) is 0 Å². The molecule has 16 heteroatoms. The summed E-state index contributed by atoms with van der Waals surface area (Å²) in [5, 5.41) is 17.0. The molecule has 4 rings (SSSR count). The highest BCUT2D eigenvalue weighted by Crippen LogP contribution is 2.50. The van der Waals surface area contributed by atoms with Crippen LogP contribution in [0, 0.1) is 5.41 Å². The van der Waals surface area contributed by atoms with Gasteiger partial charge < -0.3 is 15.5 Å². The maximum atomic E-state index is 14.5. The molecule has 0 saturated carbocycles. The first-order valence-corrected chi connectivity index (χ1v) is 10.5. The summed E-state index contributed by atoms with van der Waals surface area (Å²) in [5.41, 5.74) is -0.309. The molecule has 0 bridgehead atoms. The zero-order valence-corrected chi connectivity index (χ0v) is 19.3. The molecule has 2 amide bonds. The van der Waals surface area contributed by atoms with E-state index in [4.69, 9.17) is 33.3 Å². The highest BCUT2D eigenvalue weighted by Gasteiger charge is 2.64. The van der Waals surface area contributed by atoms with E-state index in [9.17, 15) is 18.0 Å². The lowest BCUT2D eigenvalue weighted by Crippen LogP contribution is -2.51. The largest absolute Gasteiger partial charge is 0.404 e. The lowest BCUT2D eigenvalue weighted by Gasteiger charge is -2.31. The number of anilines is 3. The van der Waals surface area contributed by atoms with Gasteiger partial charge in [0.25, 0.3) is 0 Å². The van der Waals surface area contributed by atoms with Crippen LogP contribution < -0.4 is 15.6 Å². The smallest absolute Gasteiger partial charge is 0.383 e. The molecular formula is C19H16Cl2F3N9O2. The Morgan fingerprint density at radius 2 is 2.11 bits per heavy atom. The van der Waals surface area contributed by atoms with E-state index in [0.29, 0.717) is 0 Å². The van der Waals surface area contributed by atoms with Crippen molar-refractivity contribution in [3.05, 3.63) is 40.4 Å². The fourth-order valence-electron chi connectivity index (χ4n) is 3.73. The Morgan fingerprint density at radius 3 is 2.77 bits per heavy atom. The maximum absolute atomic E-state index is 14.5. The van der Waals surface area contributed by atoms with Crippen LogP contribution in [0.3, 0.4) is 0 Å². The molecule has 0 unspecified atom stereocenters. The summed E-state index contributed by atoms with van der Waals surface area (Å²) in [6.45, 7) is -1.56. The molecular weight excluding hydrogens is 514 g/mol. The molecule has 0 aromatic carbocycles. The van der Waals surface area contributed by atoms with E-state index in [-0.39, 0.29) is 38.7 Å². The average Bonchev–Trinajstić information content (AvgIpc) is 3.33. The number of ether oxygens (including phenoxy) is 1. The number of nitrogens with zero attached hydrogens (tertiary/aromatic N) is 6. The summed E-state index contributed by atoms with van der Waals surface area (Å²) in [7, 11) is 1.14. The van der Waals surface area contributed by atoms with Gasteiger partial charge in [0.15, 0.2) is 22.0 Å². The number of pyridine rings is 1. The third-order valence-corrected chi connectivity index (χ3v) is 5.67. The molecule has 0 radical (unpaired) electrons. The van der Waals surface area contributed by atoms with Gasteiger partial charge in [0.1, 0.15) is 0 Å². The van der Waals surface area contributed by atoms with Crippen LogP contribution in [0.1, 0.15) is 5.69 Å². The van der Waals surface area contributed by atoms with Gasteiger partial charge in [-0.3, -0.25) is 10.3 Å². The molecule has 3 N–H and O–H groups in total. The van der Waals surface area contributed by atoms with Gasteiger partial charge in [-0.2, -0.15) is 23.4 Å². The van der Waals surface area contributed by atoms with Gasteiger partial charge in [0, 0.05) is 19.4 Å². The fraction of sp³-hybridized carbons (Fsp3) is 0.263. The number of urea groups is 1. The van der Waals surface area contributed by atoms with Crippen molar-refractivity contribution in [1.82, 2.24) is 19.6 Å². The summed E-state index contributed by atoms with van der Waals surface area (Å²) in [6.07, 6.45) is -0.319. The second-order valence-electron chi connectivity index (χ2n) is 7.37. The third kappa shape index (κ3) is 4.35. The summed E-state index contributed by atoms with van der Waals surface area (Å²) in [5.74, 6) is 0.146. The maximum Gasteiger partial charge on any atom is 0.404 e. The van der Waals surface area contributed by atoms with E-state index in [1.165, 1.54) is 18.3 Å². The number of rotatable bonds is 6. The number of methoxy groups -OCH3 is 1. The predicted octanol–water partition coefficient (Wildman–Crippen LogP) is 3.98. The minimum atomic E-state index is -4.81. The average molecular weight is 530 g/mol. The molecule has 0 fully saturated rings. The van der Waals surface area contributed by atoms with E-state index >= 15 is 0 Å². The second kappa shape index (κ2) is 9.28. The number of fused-ring (bicyclic) bond motifs is 3. The number of carbonyl (C=O) groups excluding carboxylic acids is 1. The van der Waals surface area contributed by atoms with Crippen molar-refractivity contribution >= 4 is 64.5 Å². The summed E-state index contributed by atoms with van der Waals surface area (Å²) in [4.78, 5) is 22.1. The number of hydrazone groups is 1. The van der Waals surface area contributed by atoms with Gasteiger partial charge in [0.2, 0.25) is 0 Å². The van der Waals surface area contributed by atoms with Gasteiger partial charge in [-0.25, -0.2) is 19.3 Å². The van der Waals surface area contributed by atoms with Crippen molar-refractivity contribution in [2.45, 2.75) is 11.6 Å². The van der Waals surface area contributed by atoms with Crippen LogP contribution in [0.2, 0.25) is 10.2 Å². The Balaban J connectivity index is 1.72. The number of amides is 2. The van der Waals surface area contributed by atoms with E-state index in [1.807, 2.05) is 0 Å². The number of nitrogens with one attached hydrogen (secondary N) is 3. The number of alkyl halides is 3. The van der Waals surface area contributed by atoms with E-state index in [0.717, 1.165) is 35.2 Å². The number of aromatic nitrogens is 4. The minimum Gasteiger partial charge on any atom is -0.383 e. The zero-order valence-electron chi connectivity index (χ0n) is 17.8. The number of halogens is 5. The van der Waals surface area contributed by atoms with Gasteiger partial charge in [-0.1, -0.05) is 23.2 Å². The van der Waals surface area contributed by atoms with Gasteiger partial charge in [-0.15, -0.1) is 0 Å². The number of hydrogen-bond acceptors (Lipinski definition) is 8. The van der Waals surface area contributed by atoms with Crippen LogP contribution in [0.5, 0.6) is 0 Å². The molecule has 4 heterocycles. The minimum absolute atomic E-state index is 0.0540. The predicted molar refractivity (Wildman–Crippen MR) is 124 cm³/mol. The van der Waals surface area contributed by atoms with Gasteiger partial charge >= 0.3 is 12.2 Å². The standard InChI is InChI=1S/C19H16Cl2F3N9O2/c1-35-9-18(19(22,23)24)8-32(12-7-26-14-5-13(21)31-33(14)15(12)18)17(34)29-10-4-11(20)16(27-6-10)30-28-3-2-25/h2-7,25H,8-9H2,1H3,(H,27,30)(H,29,34)/b25-2?,28-3-/t18-/m0/s1. The summed E-state index contributed by atoms with van der Waals surface area (Å²) in [6, 6.07) is 1.77. The Kier molecular flexibility index (Phi) is 6.53. The second-order valence-corrected chi connectivity index (χ2v) is 8.16. The SMILES string of the molecule is COC[C@@]1(C(F)(F)F)CN(C(=O)Nc2cnc(N/N=C\C=N)c(Cl)c2)c2cnc3cc(Cl)nn3c21. The molecule has 0 spiro atoms. The van der Waals surface area contributed by atoms with Crippen LogP contribution in [0.4, 0.5) is 35.2 Å². The molecule has 184 valence electrons. The Morgan fingerprint density at radius 1 is 1.34 bits per heavy atom.